The fraction of sp³-hybridized carbons (Fsp3) is 0.154. The zero-order chi connectivity index (χ0) is 11.4. The summed E-state index contributed by atoms with van der Waals surface area (Å²) in [7, 11) is 0. The molecule has 1 aromatic heterocycles. The lowest BCUT2D eigenvalue weighted by Gasteiger charge is -2.03. The fourth-order valence-electron chi connectivity index (χ4n) is 1.49. The Balaban J connectivity index is 2.24. The molecule has 0 fully saturated rings. The molecule has 1 heterocycles. The largest absolute Gasteiger partial charge is 0.323 e. The molecular formula is C13H13N3. The van der Waals surface area contributed by atoms with Crippen LogP contribution >= 0.6 is 0 Å². The molecule has 0 radical (unpaired) electrons. The smallest absolute Gasteiger partial charge is 0.0645 e. The van der Waals surface area contributed by atoms with Gasteiger partial charge in [0.05, 0.1) is 11.9 Å². The van der Waals surface area contributed by atoms with Crippen molar-refractivity contribution in [3.63, 3.8) is 0 Å². The first kappa shape index (κ1) is 10.5. The van der Waals surface area contributed by atoms with Gasteiger partial charge in [-0.2, -0.15) is 5.10 Å². The number of terminal acetylenes is 1. The number of para-hydroxylation sites is 1. The van der Waals surface area contributed by atoms with Crippen LogP contribution in [0.25, 0.3) is 5.69 Å². The molecular weight excluding hydrogens is 198 g/mol. The van der Waals surface area contributed by atoms with E-state index in [-0.39, 0.29) is 6.04 Å². The van der Waals surface area contributed by atoms with Gasteiger partial charge in [-0.3, -0.25) is 0 Å². The Bertz CT molecular complexity index is 493. The van der Waals surface area contributed by atoms with E-state index in [0.29, 0.717) is 6.42 Å². The van der Waals surface area contributed by atoms with E-state index in [1.54, 1.807) is 10.9 Å². The Morgan fingerprint density at radius 3 is 2.81 bits per heavy atom. The zero-order valence-electron chi connectivity index (χ0n) is 8.88. The third-order valence-electron chi connectivity index (χ3n) is 2.39. The molecule has 0 aliphatic heterocycles. The van der Waals surface area contributed by atoms with Gasteiger partial charge in [-0.25, -0.2) is 4.68 Å². The van der Waals surface area contributed by atoms with Crippen molar-refractivity contribution in [2.75, 3.05) is 0 Å². The minimum absolute atomic E-state index is 0.137. The molecule has 3 heteroatoms. The highest BCUT2D eigenvalue weighted by Gasteiger charge is 2.07. The van der Waals surface area contributed by atoms with Crippen LogP contribution in [-0.4, -0.2) is 9.78 Å². The number of rotatable bonds is 3. The van der Waals surface area contributed by atoms with Gasteiger partial charge in [0, 0.05) is 24.2 Å². The highest BCUT2D eigenvalue weighted by Crippen LogP contribution is 2.14. The van der Waals surface area contributed by atoms with Gasteiger partial charge >= 0.3 is 0 Å². The van der Waals surface area contributed by atoms with Crippen molar-refractivity contribution in [2.24, 2.45) is 5.73 Å². The van der Waals surface area contributed by atoms with Crippen LogP contribution in [0.15, 0.2) is 42.7 Å². The van der Waals surface area contributed by atoms with Gasteiger partial charge < -0.3 is 5.73 Å². The van der Waals surface area contributed by atoms with Crippen LogP contribution in [0.2, 0.25) is 0 Å². The number of nitrogens with two attached hydrogens (primary N) is 1. The van der Waals surface area contributed by atoms with Gasteiger partial charge in [0.15, 0.2) is 0 Å². The number of nitrogens with zero attached hydrogens (tertiary/aromatic N) is 2. The lowest BCUT2D eigenvalue weighted by Crippen LogP contribution is -2.08. The van der Waals surface area contributed by atoms with E-state index in [0.717, 1.165) is 11.3 Å². The van der Waals surface area contributed by atoms with Crippen molar-refractivity contribution in [3.8, 4) is 18.0 Å². The number of benzene rings is 1. The Morgan fingerprint density at radius 2 is 2.12 bits per heavy atom. The van der Waals surface area contributed by atoms with E-state index in [4.69, 9.17) is 12.2 Å². The van der Waals surface area contributed by atoms with Gasteiger partial charge in [-0.05, 0) is 12.1 Å². The third-order valence-corrected chi connectivity index (χ3v) is 2.39. The van der Waals surface area contributed by atoms with Gasteiger partial charge in [0.1, 0.15) is 0 Å². The van der Waals surface area contributed by atoms with Crippen LogP contribution < -0.4 is 5.73 Å². The summed E-state index contributed by atoms with van der Waals surface area (Å²) in [5.41, 5.74) is 7.88. The molecule has 0 aliphatic rings. The van der Waals surface area contributed by atoms with E-state index < -0.39 is 0 Å². The molecule has 0 saturated heterocycles. The number of hydrogen-bond donors (Lipinski definition) is 1. The van der Waals surface area contributed by atoms with Crippen LogP contribution in [0.3, 0.4) is 0 Å². The van der Waals surface area contributed by atoms with Crippen LogP contribution in [0, 0.1) is 12.3 Å². The van der Waals surface area contributed by atoms with Gasteiger partial charge in [-0.15, -0.1) is 12.3 Å². The summed E-state index contributed by atoms with van der Waals surface area (Å²) in [5.74, 6) is 2.55. The second-order valence-electron chi connectivity index (χ2n) is 3.57. The van der Waals surface area contributed by atoms with Crippen LogP contribution in [0.4, 0.5) is 0 Å². The lowest BCUT2D eigenvalue weighted by molar-refractivity contribution is 0.754. The molecule has 1 unspecified atom stereocenters. The van der Waals surface area contributed by atoms with Gasteiger partial charge in [-0.1, -0.05) is 18.2 Å². The Morgan fingerprint density at radius 1 is 1.38 bits per heavy atom. The lowest BCUT2D eigenvalue weighted by atomic mass is 10.1. The SMILES string of the molecule is C#CCC(N)c1cnn(-c2ccccc2)c1. The first-order valence-electron chi connectivity index (χ1n) is 5.10. The Labute approximate surface area is 94.9 Å². The average Bonchev–Trinajstić information content (AvgIpc) is 2.80. The maximum atomic E-state index is 5.90. The molecule has 0 bridgehead atoms. The molecule has 3 nitrogen and oxygen atoms in total. The summed E-state index contributed by atoms with van der Waals surface area (Å²) in [6.45, 7) is 0. The second kappa shape index (κ2) is 4.65. The summed E-state index contributed by atoms with van der Waals surface area (Å²) < 4.78 is 1.80. The average molecular weight is 211 g/mol. The number of hydrogen-bond acceptors (Lipinski definition) is 2. The molecule has 0 spiro atoms. The monoisotopic (exact) mass is 211 g/mol. The van der Waals surface area contributed by atoms with Crippen LogP contribution in [-0.2, 0) is 0 Å². The molecule has 0 aliphatic carbocycles. The topological polar surface area (TPSA) is 43.8 Å². The molecule has 1 aromatic carbocycles. The van der Waals surface area contributed by atoms with Crippen molar-refractivity contribution < 1.29 is 0 Å². The van der Waals surface area contributed by atoms with Crippen molar-refractivity contribution in [3.05, 3.63) is 48.3 Å². The Kier molecular flexibility index (Phi) is 3.04. The Hall–Kier alpha value is -2.05. The number of aromatic nitrogens is 2. The predicted octanol–water partition coefficient (Wildman–Crippen LogP) is 1.90. The second-order valence-corrected chi connectivity index (χ2v) is 3.57. The molecule has 0 amide bonds. The molecule has 2 N–H and O–H groups in total. The molecule has 2 aromatic rings. The molecule has 80 valence electrons. The third kappa shape index (κ3) is 2.13. The normalized spacial score (nSPS) is 12.0. The zero-order valence-corrected chi connectivity index (χ0v) is 8.88. The van der Waals surface area contributed by atoms with Crippen molar-refractivity contribution >= 4 is 0 Å². The van der Waals surface area contributed by atoms with E-state index in [2.05, 4.69) is 11.0 Å². The highest BCUT2D eigenvalue weighted by atomic mass is 15.3. The minimum atomic E-state index is -0.137. The molecule has 2 rings (SSSR count). The minimum Gasteiger partial charge on any atom is -0.323 e. The summed E-state index contributed by atoms with van der Waals surface area (Å²) >= 11 is 0. The van der Waals surface area contributed by atoms with E-state index in [9.17, 15) is 0 Å². The molecule has 1 atom stereocenters. The fourth-order valence-corrected chi connectivity index (χ4v) is 1.49. The van der Waals surface area contributed by atoms with Crippen molar-refractivity contribution in [1.29, 1.82) is 0 Å². The van der Waals surface area contributed by atoms with E-state index >= 15 is 0 Å². The first-order chi connectivity index (χ1) is 7.81. The quantitative estimate of drug-likeness (QED) is 0.788. The maximum absolute atomic E-state index is 5.90. The van der Waals surface area contributed by atoms with Crippen molar-refractivity contribution in [1.82, 2.24) is 9.78 Å². The summed E-state index contributed by atoms with van der Waals surface area (Å²) in [6.07, 6.45) is 9.43. The van der Waals surface area contributed by atoms with Gasteiger partial charge in [0.25, 0.3) is 0 Å². The van der Waals surface area contributed by atoms with Crippen LogP contribution in [0.5, 0.6) is 0 Å². The summed E-state index contributed by atoms with van der Waals surface area (Å²) in [5, 5.41) is 4.26. The summed E-state index contributed by atoms with van der Waals surface area (Å²) in [4.78, 5) is 0. The predicted molar refractivity (Wildman–Crippen MR) is 63.9 cm³/mol. The highest BCUT2D eigenvalue weighted by molar-refractivity contribution is 5.31. The van der Waals surface area contributed by atoms with E-state index in [1.165, 1.54) is 0 Å². The van der Waals surface area contributed by atoms with Gasteiger partial charge in [0.2, 0.25) is 0 Å². The van der Waals surface area contributed by atoms with Crippen LogP contribution in [0.1, 0.15) is 18.0 Å². The molecule has 0 saturated carbocycles. The molecule has 16 heavy (non-hydrogen) atoms. The van der Waals surface area contributed by atoms with E-state index in [1.807, 2.05) is 36.5 Å². The first-order valence-corrected chi connectivity index (χ1v) is 5.10. The maximum Gasteiger partial charge on any atom is 0.0645 e. The standard InChI is InChI=1S/C13H13N3/c1-2-6-13(14)11-9-15-16(10-11)12-7-4-3-5-8-12/h1,3-5,7-10,13H,6,14H2. The summed E-state index contributed by atoms with van der Waals surface area (Å²) in [6, 6.07) is 9.75. The van der Waals surface area contributed by atoms with Crippen molar-refractivity contribution in [2.45, 2.75) is 12.5 Å².